The number of rotatable bonds is 3. The minimum absolute atomic E-state index is 0.110. The average Bonchev–Trinajstić information content (AvgIpc) is 2.05. The highest BCUT2D eigenvalue weighted by Crippen LogP contribution is 2.13. The average molecular weight is 174 g/mol. The van der Waals surface area contributed by atoms with Gasteiger partial charge in [-0.25, -0.2) is 0 Å². The molecule has 1 rings (SSSR count). The summed E-state index contributed by atoms with van der Waals surface area (Å²) < 4.78 is 10.6. The van der Waals surface area contributed by atoms with E-state index in [2.05, 4.69) is 13.8 Å². The molecular formula is C9H18O3. The molecule has 2 unspecified atom stereocenters. The van der Waals surface area contributed by atoms with Crippen LogP contribution in [0.1, 0.15) is 20.3 Å². The van der Waals surface area contributed by atoms with E-state index in [1.54, 1.807) is 0 Å². The molecule has 1 N–H and O–H groups in total. The molecule has 72 valence electrons. The van der Waals surface area contributed by atoms with Gasteiger partial charge < -0.3 is 14.6 Å². The Labute approximate surface area is 73.7 Å². The van der Waals surface area contributed by atoms with Crippen LogP contribution < -0.4 is 0 Å². The standard InChI is InChI=1S/C9H18O3/c1-7(2)5-8(10)9-6-11-3-4-12-9/h7-10H,3-6H2,1-2H3. The maximum absolute atomic E-state index is 9.64. The third-order valence-electron chi connectivity index (χ3n) is 1.98. The van der Waals surface area contributed by atoms with Crippen molar-refractivity contribution in [3.8, 4) is 0 Å². The second-order valence-electron chi connectivity index (χ2n) is 3.68. The van der Waals surface area contributed by atoms with Crippen LogP contribution in [0.15, 0.2) is 0 Å². The lowest BCUT2D eigenvalue weighted by atomic mass is 10.0. The summed E-state index contributed by atoms with van der Waals surface area (Å²) >= 11 is 0. The molecule has 0 saturated carbocycles. The molecule has 1 fully saturated rings. The molecule has 0 aromatic rings. The van der Waals surface area contributed by atoms with Crippen molar-refractivity contribution in [2.75, 3.05) is 19.8 Å². The summed E-state index contributed by atoms with van der Waals surface area (Å²) in [4.78, 5) is 0. The summed E-state index contributed by atoms with van der Waals surface area (Å²) in [6.07, 6.45) is 0.306. The molecule has 0 aliphatic carbocycles. The molecule has 12 heavy (non-hydrogen) atoms. The third-order valence-corrected chi connectivity index (χ3v) is 1.98. The van der Waals surface area contributed by atoms with Gasteiger partial charge in [0, 0.05) is 0 Å². The fourth-order valence-electron chi connectivity index (χ4n) is 1.36. The first-order valence-corrected chi connectivity index (χ1v) is 4.57. The minimum atomic E-state index is -0.370. The van der Waals surface area contributed by atoms with Gasteiger partial charge in [-0.2, -0.15) is 0 Å². The summed E-state index contributed by atoms with van der Waals surface area (Å²) in [5.41, 5.74) is 0. The Balaban J connectivity index is 2.24. The van der Waals surface area contributed by atoms with Gasteiger partial charge in [0.1, 0.15) is 6.10 Å². The number of aliphatic hydroxyl groups is 1. The van der Waals surface area contributed by atoms with Crippen molar-refractivity contribution in [2.24, 2.45) is 5.92 Å². The van der Waals surface area contributed by atoms with Crippen LogP contribution in [0, 0.1) is 5.92 Å². The molecule has 0 aromatic carbocycles. The largest absolute Gasteiger partial charge is 0.390 e. The molecule has 0 bridgehead atoms. The quantitative estimate of drug-likeness (QED) is 0.688. The van der Waals surface area contributed by atoms with Gasteiger partial charge in [0.25, 0.3) is 0 Å². The molecular weight excluding hydrogens is 156 g/mol. The SMILES string of the molecule is CC(C)CC(O)C1COCCO1. The molecule has 1 aliphatic heterocycles. The summed E-state index contributed by atoms with van der Waals surface area (Å²) in [6, 6.07) is 0. The van der Waals surface area contributed by atoms with Crippen molar-refractivity contribution in [3.05, 3.63) is 0 Å². The van der Waals surface area contributed by atoms with Gasteiger partial charge in [0.05, 0.1) is 25.9 Å². The van der Waals surface area contributed by atoms with E-state index in [0.29, 0.717) is 25.7 Å². The second kappa shape index (κ2) is 4.80. The van der Waals surface area contributed by atoms with E-state index >= 15 is 0 Å². The van der Waals surface area contributed by atoms with Crippen LogP contribution in [0.3, 0.4) is 0 Å². The smallest absolute Gasteiger partial charge is 0.107 e. The predicted molar refractivity (Wildman–Crippen MR) is 46.0 cm³/mol. The molecule has 2 atom stereocenters. The van der Waals surface area contributed by atoms with Crippen LogP contribution in [0.5, 0.6) is 0 Å². The van der Waals surface area contributed by atoms with Crippen LogP contribution in [-0.2, 0) is 9.47 Å². The lowest BCUT2D eigenvalue weighted by molar-refractivity contribution is -0.135. The zero-order valence-corrected chi connectivity index (χ0v) is 7.82. The van der Waals surface area contributed by atoms with Gasteiger partial charge >= 0.3 is 0 Å². The zero-order chi connectivity index (χ0) is 8.97. The summed E-state index contributed by atoms with van der Waals surface area (Å²) in [5, 5.41) is 9.64. The number of hydrogen-bond acceptors (Lipinski definition) is 3. The lowest BCUT2D eigenvalue weighted by Crippen LogP contribution is -2.39. The Morgan fingerprint density at radius 3 is 2.67 bits per heavy atom. The summed E-state index contributed by atoms with van der Waals surface area (Å²) in [5.74, 6) is 0.505. The monoisotopic (exact) mass is 174 g/mol. The van der Waals surface area contributed by atoms with Gasteiger partial charge in [0.2, 0.25) is 0 Å². The highest BCUT2D eigenvalue weighted by atomic mass is 16.6. The van der Waals surface area contributed by atoms with Gasteiger partial charge in [-0.1, -0.05) is 13.8 Å². The topological polar surface area (TPSA) is 38.7 Å². The van der Waals surface area contributed by atoms with Crippen molar-refractivity contribution in [3.63, 3.8) is 0 Å². The lowest BCUT2D eigenvalue weighted by Gasteiger charge is -2.27. The van der Waals surface area contributed by atoms with E-state index in [0.717, 1.165) is 6.42 Å². The Hall–Kier alpha value is -0.120. The van der Waals surface area contributed by atoms with Gasteiger partial charge in [-0.15, -0.1) is 0 Å². The molecule has 1 heterocycles. The number of aliphatic hydroxyl groups excluding tert-OH is 1. The Kier molecular flexibility index (Phi) is 3.98. The van der Waals surface area contributed by atoms with Crippen molar-refractivity contribution in [2.45, 2.75) is 32.5 Å². The van der Waals surface area contributed by atoms with E-state index in [4.69, 9.17) is 9.47 Å². The fourth-order valence-corrected chi connectivity index (χ4v) is 1.36. The predicted octanol–water partition coefficient (Wildman–Crippen LogP) is 0.809. The van der Waals surface area contributed by atoms with Crippen molar-refractivity contribution in [1.29, 1.82) is 0 Å². The molecule has 1 saturated heterocycles. The number of ether oxygens (including phenoxy) is 2. The molecule has 1 aliphatic rings. The highest BCUT2D eigenvalue weighted by Gasteiger charge is 2.23. The first kappa shape index (κ1) is 9.96. The molecule has 0 aromatic heterocycles. The normalized spacial score (nSPS) is 27.5. The highest BCUT2D eigenvalue weighted by molar-refractivity contribution is 4.72. The summed E-state index contributed by atoms with van der Waals surface area (Å²) in [6.45, 7) is 5.98. The van der Waals surface area contributed by atoms with Crippen molar-refractivity contribution < 1.29 is 14.6 Å². The molecule has 3 nitrogen and oxygen atoms in total. The molecule has 0 spiro atoms. The maximum Gasteiger partial charge on any atom is 0.107 e. The van der Waals surface area contributed by atoms with E-state index in [-0.39, 0.29) is 12.2 Å². The number of hydrogen-bond donors (Lipinski definition) is 1. The second-order valence-corrected chi connectivity index (χ2v) is 3.68. The molecule has 0 radical (unpaired) electrons. The van der Waals surface area contributed by atoms with E-state index in [1.165, 1.54) is 0 Å². The molecule has 0 amide bonds. The Morgan fingerprint density at radius 2 is 2.17 bits per heavy atom. The Morgan fingerprint density at radius 1 is 1.42 bits per heavy atom. The van der Waals surface area contributed by atoms with E-state index < -0.39 is 0 Å². The van der Waals surface area contributed by atoms with Crippen LogP contribution in [-0.4, -0.2) is 37.1 Å². The van der Waals surface area contributed by atoms with Gasteiger partial charge in [-0.3, -0.25) is 0 Å². The van der Waals surface area contributed by atoms with Gasteiger partial charge in [-0.05, 0) is 12.3 Å². The summed E-state index contributed by atoms with van der Waals surface area (Å²) in [7, 11) is 0. The van der Waals surface area contributed by atoms with Crippen LogP contribution in [0.4, 0.5) is 0 Å². The van der Waals surface area contributed by atoms with Crippen molar-refractivity contribution in [1.82, 2.24) is 0 Å². The van der Waals surface area contributed by atoms with Crippen LogP contribution in [0.2, 0.25) is 0 Å². The van der Waals surface area contributed by atoms with Gasteiger partial charge in [0.15, 0.2) is 0 Å². The van der Waals surface area contributed by atoms with E-state index in [9.17, 15) is 5.11 Å². The van der Waals surface area contributed by atoms with Crippen LogP contribution >= 0.6 is 0 Å². The third kappa shape index (κ3) is 3.09. The zero-order valence-electron chi connectivity index (χ0n) is 7.82. The van der Waals surface area contributed by atoms with E-state index in [1.807, 2.05) is 0 Å². The fraction of sp³-hybridized carbons (Fsp3) is 1.00. The first-order valence-electron chi connectivity index (χ1n) is 4.57. The maximum atomic E-state index is 9.64. The van der Waals surface area contributed by atoms with Crippen LogP contribution in [0.25, 0.3) is 0 Å². The van der Waals surface area contributed by atoms with Crippen molar-refractivity contribution >= 4 is 0 Å². The Bertz CT molecular complexity index is 119. The minimum Gasteiger partial charge on any atom is -0.390 e. The first-order chi connectivity index (χ1) is 5.70. The molecule has 3 heteroatoms.